The van der Waals surface area contributed by atoms with E-state index in [1.54, 1.807) is 0 Å². The summed E-state index contributed by atoms with van der Waals surface area (Å²) in [4.78, 5) is 9.27. The Hall–Kier alpha value is -1.65. The van der Waals surface area contributed by atoms with E-state index in [1.807, 2.05) is 18.7 Å². The Morgan fingerprint density at radius 1 is 0.920 bits per heavy atom. The first-order valence-corrected chi connectivity index (χ1v) is 9.50. The molecule has 25 heavy (non-hydrogen) atoms. The summed E-state index contributed by atoms with van der Waals surface area (Å²) in [5.74, 6) is 0. The van der Waals surface area contributed by atoms with Crippen LogP contribution in [0.3, 0.4) is 0 Å². The van der Waals surface area contributed by atoms with Gasteiger partial charge in [-0.15, -0.1) is 0 Å². The van der Waals surface area contributed by atoms with Crippen molar-refractivity contribution in [3.05, 3.63) is 54.1 Å². The second-order valence-electron chi connectivity index (χ2n) is 8.22. The molecule has 4 nitrogen and oxygen atoms in total. The molecule has 0 unspecified atom stereocenters. The molecule has 3 rings (SSSR count). The number of benzene rings is 1. The molecule has 2 aromatic rings. The molecule has 0 spiro atoms. The monoisotopic (exact) mass is 340 g/mol. The van der Waals surface area contributed by atoms with E-state index in [-0.39, 0.29) is 5.41 Å². The number of hydrogen-bond donors (Lipinski definition) is 0. The summed E-state index contributed by atoms with van der Waals surface area (Å²) in [6.45, 7) is 14.9. The maximum Gasteiger partial charge on any atom is 0.0945 e. The van der Waals surface area contributed by atoms with Gasteiger partial charge in [0.05, 0.1) is 6.33 Å². The molecule has 1 saturated heterocycles. The molecule has 0 radical (unpaired) electrons. The predicted octanol–water partition coefficient (Wildman–Crippen LogP) is 3.39. The van der Waals surface area contributed by atoms with Gasteiger partial charge in [0.25, 0.3) is 0 Å². The second kappa shape index (κ2) is 8.15. The van der Waals surface area contributed by atoms with Gasteiger partial charge in [0.15, 0.2) is 0 Å². The van der Waals surface area contributed by atoms with Crippen molar-refractivity contribution in [3.63, 3.8) is 0 Å². The van der Waals surface area contributed by atoms with Crippen LogP contribution in [0.1, 0.15) is 38.3 Å². The minimum absolute atomic E-state index is 0.237. The fourth-order valence-corrected chi connectivity index (χ4v) is 3.44. The van der Waals surface area contributed by atoms with Crippen molar-refractivity contribution in [3.8, 4) is 0 Å². The lowest BCUT2D eigenvalue weighted by atomic mass is 9.87. The van der Waals surface area contributed by atoms with Crippen molar-refractivity contribution in [2.24, 2.45) is 0 Å². The Morgan fingerprint density at radius 2 is 1.60 bits per heavy atom. The molecular formula is C21H32N4. The summed E-state index contributed by atoms with van der Waals surface area (Å²) < 4.78 is 2.16. The Kier molecular flexibility index (Phi) is 5.92. The molecule has 0 aliphatic carbocycles. The van der Waals surface area contributed by atoms with Gasteiger partial charge >= 0.3 is 0 Å². The van der Waals surface area contributed by atoms with Crippen LogP contribution in [0, 0.1) is 0 Å². The van der Waals surface area contributed by atoms with Crippen LogP contribution in [-0.2, 0) is 18.5 Å². The summed E-state index contributed by atoms with van der Waals surface area (Å²) in [6, 6.07) is 9.19. The third-order valence-electron chi connectivity index (χ3n) is 5.14. The Bertz CT molecular complexity index is 617. The standard InChI is InChI=1S/C21H32N4/c1-21(2,3)20-7-5-19(6-8-20)17-24-15-13-23(14-16-24)10-4-11-25-12-9-22-18-25/h5-9,12,18H,4,10-11,13-17H2,1-3H3. The molecule has 1 aliphatic rings. The van der Waals surface area contributed by atoms with Crippen LogP contribution in [0.5, 0.6) is 0 Å². The van der Waals surface area contributed by atoms with Crippen molar-refractivity contribution < 1.29 is 0 Å². The average molecular weight is 341 g/mol. The first kappa shape index (κ1) is 18.2. The zero-order valence-electron chi connectivity index (χ0n) is 16.0. The molecule has 0 N–H and O–H groups in total. The molecule has 0 amide bonds. The highest BCUT2D eigenvalue weighted by Crippen LogP contribution is 2.22. The highest BCUT2D eigenvalue weighted by Gasteiger charge is 2.17. The molecule has 4 heteroatoms. The van der Waals surface area contributed by atoms with E-state index in [4.69, 9.17) is 0 Å². The summed E-state index contributed by atoms with van der Waals surface area (Å²) in [7, 11) is 0. The van der Waals surface area contributed by atoms with Gasteiger partial charge in [-0.3, -0.25) is 4.90 Å². The molecule has 0 saturated carbocycles. The van der Waals surface area contributed by atoms with Gasteiger partial charge in [-0.2, -0.15) is 0 Å². The molecule has 1 fully saturated rings. The summed E-state index contributed by atoms with van der Waals surface area (Å²) in [6.07, 6.45) is 7.00. The van der Waals surface area contributed by atoms with Gasteiger partial charge in [0.1, 0.15) is 0 Å². The number of nitrogens with zero attached hydrogens (tertiary/aromatic N) is 4. The summed E-state index contributed by atoms with van der Waals surface area (Å²) >= 11 is 0. The van der Waals surface area contributed by atoms with Gasteiger partial charge in [-0.1, -0.05) is 45.0 Å². The fourth-order valence-electron chi connectivity index (χ4n) is 3.44. The van der Waals surface area contributed by atoms with E-state index >= 15 is 0 Å². The zero-order chi connectivity index (χ0) is 17.7. The molecular weight excluding hydrogens is 308 g/mol. The number of aromatic nitrogens is 2. The van der Waals surface area contributed by atoms with E-state index in [0.717, 1.165) is 13.1 Å². The van der Waals surface area contributed by atoms with Gasteiger partial charge < -0.3 is 9.47 Å². The third-order valence-corrected chi connectivity index (χ3v) is 5.14. The topological polar surface area (TPSA) is 24.3 Å². The fraction of sp³-hybridized carbons (Fsp3) is 0.571. The molecule has 0 atom stereocenters. The molecule has 0 bridgehead atoms. The number of aryl methyl sites for hydroxylation is 1. The van der Waals surface area contributed by atoms with Crippen LogP contribution < -0.4 is 0 Å². The first-order chi connectivity index (χ1) is 12.0. The van der Waals surface area contributed by atoms with E-state index in [0.29, 0.717) is 0 Å². The van der Waals surface area contributed by atoms with Crippen LogP contribution in [0.15, 0.2) is 43.0 Å². The Balaban J connectivity index is 1.38. The highest BCUT2D eigenvalue weighted by molar-refractivity contribution is 5.27. The van der Waals surface area contributed by atoms with Crippen molar-refractivity contribution in [2.45, 2.75) is 45.7 Å². The lowest BCUT2D eigenvalue weighted by molar-refractivity contribution is 0.125. The largest absolute Gasteiger partial charge is 0.337 e. The quantitative estimate of drug-likeness (QED) is 0.806. The third kappa shape index (κ3) is 5.41. The van der Waals surface area contributed by atoms with E-state index in [9.17, 15) is 0 Å². The number of rotatable bonds is 6. The Labute approximate surface area is 152 Å². The normalized spacial score (nSPS) is 17.1. The number of hydrogen-bond acceptors (Lipinski definition) is 3. The maximum absolute atomic E-state index is 4.10. The number of imidazole rings is 1. The minimum Gasteiger partial charge on any atom is -0.337 e. The zero-order valence-corrected chi connectivity index (χ0v) is 16.0. The molecule has 2 heterocycles. The second-order valence-corrected chi connectivity index (χ2v) is 8.22. The van der Waals surface area contributed by atoms with Gasteiger partial charge in [0, 0.05) is 51.7 Å². The number of piperazine rings is 1. The minimum atomic E-state index is 0.237. The lowest BCUT2D eigenvalue weighted by Crippen LogP contribution is -2.46. The maximum atomic E-state index is 4.10. The van der Waals surface area contributed by atoms with Gasteiger partial charge in [-0.05, 0) is 29.5 Å². The van der Waals surface area contributed by atoms with Crippen LogP contribution in [-0.4, -0.2) is 52.1 Å². The van der Waals surface area contributed by atoms with Crippen molar-refractivity contribution in [1.82, 2.24) is 19.4 Å². The van der Waals surface area contributed by atoms with Crippen LogP contribution in [0.4, 0.5) is 0 Å². The van der Waals surface area contributed by atoms with Crippen molar-refractivity contribution in [2.75, 3.05) is 32.7 Å². The Morgan fingerprint density at radius 3 is 2.20 bits per heavy atom. The van der Waals surface area contributed by atoms with E-state index in [2.05, 4.69) is 64.4 Å². The molecule has 1 aliphatic heterocycles. The summed E-state index contributed by atoms with van der Waals surface area (Å²) in [5.41, 5.74) is 3.08. The molecule has 1 aromatic carbocycles. The van der Waals surface area contributed by atoms with Gasteiger partial charge in [-0.25, -0.2) is 4.98 Å². The molecule has 136 valence electrons. The lowest BCUT2D eigenvalue weighted by Gasteiger charge is -2.34. The van der Waals surface area contributed by atoms with Crippen LogP contribution >= 0.6 is 0 Å². The van der Waals surface area contributed by atoms with Crippen LogP contribution in [0.25, 0.3) is 0 Å². The predicted molar refractivity (Wildman–Crippen MR) is 104 cm³/mol. The highest BCUT2D eigenvalue weighted by atomic mass is 15.3. The van der Waals surface area contributed by atoms with Crippen LogP contribution in [0.2, 0.25) is 0 Å². The van der Waals surface area contributed by atoms with E-state index in [1.165, 1.54) is 50.3 Å². The molecule has 1 aromatic heterocycles. The van der Waals surface area contributed by atoms with Gasteiger partial charge in [0.2, 0.25) is 0 Å². The smallest absolute Gasteiger partial charge is 0.0945 e. The first-order valence-electron chi connectivity index (χ1n) is 9.50. The summed E-state index contributed by atoms with van der Waals surface area (Å²) in [5, 5.41) is 0. The SMILES string of the molecule is CC(C)(C)c1ccc(CN2CCN(CCCn3ccnc3)CC2)cc1. The average Bonchev–Trinajstić information content (AvgIpc) is 3.10. The van der Waals surface area contributed by atoms with Crippen molar-refractivity contribution in [1.29, 1.82) is 0 Å². The van der Waals surface area contributed by atoms with E-state index < -0.39 is 0 Å². The van der Waals surface area contributed by atoms with Crippen molar-refractivity contribution >= 4 is 0 Å².